The first kappa shape index (κ1) is 18.9. The number of methoxy groups -OCH3 is 3. The van der Waals surface area contributed by atoms with Gasteiger partial charge in [0.1, 0.15) is 5.82 Å². The molecule has 25 heavy (non-hydrogen) atoms. The Morgan fingerprint density at radius 2 is 1.72 bits per heavy atom. The topological polar surface area (TPSA) is 48.0 Å². The summed E-state index contributed by atoms with van der Waals surface area (Å²) in [5.74, 6) is 0.231. The van der Waals surface area contributed by atoms with Crippen molar-refractivity contribution in [3.63, 3.8) is 0 Å². The predicted octanol–water partition coefficient (Wildman–Crippen LogP) is 3.78. The van der Waals surface area contributed by atoms with Crippen molar-refractivity contribution in [1.29, 1.82) is 0 Å². The molecule has 0 atom stereocenters. The van der Waals surface area contributed by atoms with E-state index in [2.05, 4.69) is 0 Å². The lowest BCUT2D eigenvalue weighted by molar-refractivity contribution is 0.0780. The van der Waals surface area contributed by atoms with Crippen LogP contribution in [0.5, 0.6) is 17.2 Å². The zero-order valence-electron chi connectivity index (χ0n) is 14.4. The lowest BCUT2D eigenvalue weighted by Crippen LogP contribution is -2.27. The van der Waals surface area contributed by atoms with Crippen molar-refractivity contribution in [1.82, 2.24) is 4.90 Å². The second-order valence-corrected chi connectivity index (χ2v) is 5.70. The molecule has 2 aromatic carbocycles. The Balaban J connectivity index is 2.31. The second kappa shape index (κ2) is 8.07. The maximum absolute atomic E-state index is 13.9. The fourth-order valence-corrected chi connectivity index (χ4v) is 2.71. The van der Waals surface area contributed by atoms with E-state index in [0.717, 1.165) is 5.56 Å². The van der Waals surface area contributed by atoms with Crippen LogP contribution < -0.4 is 14.2 Å². The summed E-state index contributed by atoms with van der Waals surface area (Å²) in [6, 6.07) is 7.59. The summed E-state index contributed by atoms with van der Waals surface area (Å²) in [6.07, 6.45) is 0. The Hall–Kier alpha value is -2.47. The molecule has 7 heteroatoms. The van der Waals surface area contributed by atoms with Crippen LogP contribution in [0.1, 0.15) is 15.9 Å². The smallest absolute Gasteiger partial charge is 0.258 e. The minimum atomic E-state index is -0.658. The third-order valence-corrected chi connectivity index (χ3v) is 3.98. The van der Waals surface area contributed by atoms with Gasteiger partial charge >= 0.3 is 0 Å². The first-order valence-corrected chi connectivity index (χ1v) is 7.79. The summed E-state index contributed by atoms with van der Waals surface area (Å²) < 4.78 is 29.8. The fourth-order valence-electron chi connectivity index (χ4n) is 2.47. The van der Waals surface area contributed by atoms with Gasteiger partial charge in [-0.05, 0) is 29.8 Å². The van der Waals surface area contributed by atoms with Crippen molar-refractivity contribution >= 4 is 17.5 Å². The van der Waals surface area contributed by atoms with Gasteiger partial charge in [0.15, 0.2) is 11.5 Å². The van der Waals surface area contributed by atoms with Crippen LogP contribution in [0.2, 0.25) is 5.02 Å². The number of hydrogen-bond donors (Lipinski definition) is 0. The quantitative estimate of drug-likeness (QED) is 0.779. The average molecular weight is 368 g/mol. The minimum Gasteiger partial charge on any atom is -0.493 e. The number of rotatable bonds is 6. The van der Waals surface area contributed by atoms with Gasteiger partial charge in [-0.1, -0.05) is 17.7 Å². The molecule has 0 aliphatic heterocycles. The molecule has 0 saturated heterocycles. The van der Waals surface area contributed by atoms with Crippen molar-refractivity contribution in [2.24, 2.45) is 0 Å². The third kappa shape index (κ3) is 3.96. The van der Waals surface area contributed by atoms with E-state index in [1.807, 2.05) is 0 Å². The van der Waals surface area contributed by atoms with E-state index in [1.165, 1.54) is 44.4 Å². The number of carbonyl (C=O) groups is 1. The van der Waals surface area contributed by atoms with Gasteiger partial charge in [-0.15, -0.1) is 0 Å². The Morgan fingerprint density at radius 3 is 2.20 bits per heavy atom. The van der Waals surface area contributed by atoms with Crippen LogP contribution in [-0.4, -0.2) is 39.2 Å². The van der Waals surface area contributed by atoms with Gasteiger partial charge in [0, 0.05) is 13.6 Å². The average Bonchev–Trinajstić information content (AvgIpc) is 2.60. The third-order valence-electron chi connectivity index (χ3n) is 3.67. The molecule has 0 fully saturated rings. The zero-order valence-corrected chi connectivity index (χ0v) is 15.2. The van der Waals surface area contributed by atoms with E-state index < -0.39 is 11.7 Å². The van der Waals surface area contributed by atoms with Gasteiger partial charge in [-0.3, -0.25) is 4.79 Å². The van der Waals surface area contributed by atoms with Crippen LogP contribution in [0.25, 0.3) is 0 Å². The van der Waals surface area contributed by atoms with Crippen molar-refractivity contribution in [2.45, 2.75) is 6.54 Å². The summed E-state index contributed by atoms with van der Waals surface area (Å²) in [6.45, 7) is 0.209. The number of halogens is 2. The van der Waals surface area contributed by atoms with Gasteiger partial charge in [-0.2, -0.15) is 0 Å². The molecule has 0 aliphatic rings. The molecular formula is C18H19ClFNO4. The van der Waals surface area contributed by atoms with Gasteiger partial charge in [0.25, 0.3) is 5.91 Å². The number of carbonyl (C=O) groups excluding carboxylic acids is 1. The Bertz CT molecular complexity index is 736. The Morgan fingerprint density at radius 1 is 1.12 bits per heavy atom. The predicted molar refractivity (Wildman–Crippen MR) is 93.3 cm³/mol. The van der Waals surface area contributed by atoms with E-state index in [0.29, 0.717) is 17.2 Å². The largest absolute Gasteiger partial charge is 0.493 e. The molecule has 0 unspecified atom stereocenters. The molecule has 5 nitrogen and oxygen atoms in total. The van der Waals surface area contributed by atoms with E-state index >= 15 is 0 Å². The van der Waals surface area contributed by atoms with Gasteiger partial charge in [-0.25, -0.2) is 4.39 Å². The molecule has 0 aromatic heterocycles. The molecule has 0 radical (unpaired) electrons. The van der Waals surface area contributed by atoms with Crippen molar-refractivity contribution < 1.29 is 23.4 Å². The number of ether oxygens (including phenoxy) is 3. The molecule has 1 amide bonds. The lowest BCUT2D eigenvalue weighted by Gasteiger charge is -2.20. The monoisotopic (exact) mass is 367 g/mol. The molecule has 134 valence electrons. The molecule has 0 heterocycles. The minimum absolute atomic E-state index is 0.0711. The molecule has 0 aliphatic carbocycles. The van der Waals surface area contributed by atoms with Crippen molar-refractivity contribution in [3.05, 3.63) is 52.3 Å². The highest BCUT2D eigenvalue weighted by Crippen LogP contribution is 2.38. The van der Waals surface area contributed by atoms with E-state index in [9.17, 15) is 9.18 Å². The first-order chi connectivity index (χ1) is 11.9. The van der Waals surface area contributed by atoms with Crippen LogP contribution in [0.3, 0.4) is 0 Å². The highest BCUT2D eigenvalue weighted by molar-refractivity contribution is 6.33. The van der Waals surface area contributed by atoms with Gasteiger partial charge in [0.05, 0.1) is 31.9 Å². The molecule has 2 aromatic rings. The highest BCUT2D eigenvalue weighted by Gasteiger charge is 2.21. The fraction of sp³-hybridized carbons (Fsp3) is 0.278. The number of hydrogen-bond acceptors (Lipinski definition) is 4. The number of nitrogens with zero attached hydrogens (tertiary/aromatic N) is 1. The molecule has 2 rings (SSSR count). The molecule has 0 N–H and O–H groups in total. The zero-order chi connectivity index (χ0) is 18.6. The Kier molecular flexibility index (Phi) is 6.09. The highest BCUT2D eigenvalue weighted by atomic mass is 35.5. The first-order valence-electron chi connectivity index (χ1n) is 7.41. The van der Waals surface area contributed by atoms with Gasteiger partial charge < -0.3 is 19.1 Å². The maximum Gasteiger partial charge on any atom is 0.258 e. The lowest BCUT2D eigenvalue weighted by atomic mass is 10.1. The molecule has 0 saturated carbocycles. The number of amides is 1. The van der Waals surface area contributed by atoms with Gasteiger partial charge in [0.2, 0.25) is 5.75 Å². The summed E-state index contributed by atoms with van der Waals surface area (Å²) in [5, 5.41) is 0.0711. The van der Waals surface area contributed by atoms with Crippen molar-refractivity contribution in [2.75, 3.05) is 28.4 Å². The normalized spacial score (nSPS) is 10.3. The second-order valence-electron chi connectivity index (χ2n) is 5.29. The van der Waals surface area contributed by atoms with Crippen LogP contribution in [0.15, 0.2) is 30.3 Å². The van der Waals surface area contributed by atoms with Crippen LogP contribution in [0, 0.1) is 5.82 Å². The summed E-state index contributed by atoms with van der Waals surface area (Å²) in [4.78, 5) is 13.9. The standard InChI is InChI=1S/C18H19ClFNO4/c1-21(18(22)16-12(19)6-5-7-13(16)20)10-11-8-14(23-2)17(25-4)15(9-11)24-3/h5-9H,10H2,1-4H3. The molecule has 0 bridgehead atoms. The molecular weight excluding hydrogens is 349 g/mol. The molecule has 0 spiro atoms. The summed E-state index contributed by atoms with van der Waals surface area (Å²) in [7, 11) is 6.09. The van der Waals surface area contributed by atoms with Crippen LogP contribution in [0.4, 0.5) is 4.39 Å². The Labute approximate surface area is 150 Å². The number of benzene rings is 2. The SMILES string of the molecule is COc1cc(CN(C)C(=O)c2c(F)cccc2Cl)cc(OC)c1OC. The van der Waals surface area contributed by atoms with Crippen molar-refractivity contribution in [3.8, 4) is 17.2 Å². The maximum atomic E-state index is 13.9. The van der Waals surface area contributed by atoms with E-state index in [1.54, 1.807) is 19.2 Å². The van der Waals surface area contributed by atoms with E-state index in [4.69, 9.17) is 25.8 Å². The van der Waals surface area contributed by atoms with Crippen LogP contribution >= 0.6 is 11.6 Å². The van der Waals surface area contributed by atoms with Crippen LogP contribution in [-0.2, 0) is 6.54 Å². The summed E-state index contributed by atoms with van der Waals surface area (Å²) >= 11 is 5.96. The van der Waals surface area contributed by atoms with E-state index in [-0.39, 0.29) is 17.1 Å². The summed E-state index contributed by atoms with van der Waals surface area (Å²) in [5.41, 5.74) is 0.580.